The van der Waals surface area contributed by atoms with Crippen LogP contribution in [0, 0.1) is 0 Å². The lowest BCUT2D eigenvalue weighted by Crippen LogP contribution is -2.35. The van der Waals surface area contributed by atoms with Crippen molar-refractivity contribution in [3.63, 3.8) is 0 Å². The van der Waals surface area contributed by atoms with Gasteiger partial charge in [-0.2, -0.15) is 4.31 Å². The van der Waals surface area contributed by atoms with E-state index in [1.54, 1.807) is 59.9 Å². The Kier molecular flexibility index (Phi) is 6.70. The predicted octanol–water partition coefficient (Wildman–Crippen LogP) is 3.44. The van der Waals surface area contributed by atoms with Gasteiger partial charge in [-0.1, -0.05) is 18.6 Å². The molecule has 1 aliphatic rings. The molecule has 0 atom stereocenters. The van der Waals surface area contributed by atoms with E-state index in [4.69, 9.17) is 4.74 Å². The van der Waals surface area contributed by atoms with Crippen LogP contribution in [0.25, 0.3) is 0 Å². The van der Waals surface area contributed by atoms with Crippen molar-refractivity contribution in [3.05, 3.63) is 54.1 Å². The summed E-state index contributed by atoms with van der Waals surface area (Å²) in [7, 11) is -1.82. The Labute approximate surface area is 166 Å². The van der Waals surface area contributed by atoms with Crippen LogP contribution in [0.4, 0.5) is 5.69 Å². The topological polar surface area (TPSA) is 75.7 Å². The molecule has 150 valence electrons. The number of sulfonamides is 1. The van der Waals surface area contributed by atoms with Crippen LogP contribution in [-0.4, -0.2) is 38.8 Å². The second-order valence-corrected chi connectivity index (χ2v) is 8.82. The van der Waals surface area contributed by atoms with Crippen LogP contribution in [0.2, 0.25) is 0 Å². The molecule has 0 radical (unpaired) electrons. The molecule has 6 nitrogen and oxygen atoms in total. The number of carbonyl (C=O) groups excluding carboxylic acids is 1. The average molecular weight is 403 g/mol. The molecular weight excluding hydrogens is 376 g/mol. The number of methoxy groups -OCH3 is 1. The van der Waals surface area contributed by atoms with Gasteiger partial charge >= 0.3 is 0 Å². The van der Waals surface area contributed by atoms with Crippen molar-refractivity contribution in [1.29, 1.82) is 0 Å². The van der Waals surface area contributed by atoms with E-state index in [-0.39, 0.29) is 5.91 Å². The van der Waals surface area contributed by atoms with Crippen LogP contribution in [0.3, 0.4) is 0 Å². The van der Waals surface area contributed by atoms with E-state index >= 15 is 0 Å². The van der Waals surface area contributed by atoms with Crippen molar-refractivity contribution >= 4 is 21.6 Å². The van der Waals surface area contributed by atoms with Crippen molar-refractivity contribution < 1.29 is 17.9 Å². The third kappa shape index (κ3) is 5.11. The maximum absolute atomic E-state index is 12.7. The number of amides is 1. The van der Waals surface area contributed by atoms with Crippen molar-refractivity contribution in [2.45, 2.75) is 37.0 Å². The van der Waals surface area contributed by atoms with E-state index in [0.717, 1.165) is 30.6 Å². The Hall–Kier alpha value is -2.38. The summed E-state index contributed by atoms with van der Waals surface area (Å²) in [5, 5.41) is 2.85. The highest BCUT2D eigenvalue weighted by Crippen LogP contribution is 2.21. The monoisotopic (exact) mass is 402 g/mol. The second-order valence-electron chi connectivity index (χ2n) is 6.89. The Balaban J connectivity index is 1.54. The van der Waals surface area contributed by atoms with E-state index in [1.807, 2.05) is 0 Å². The summed E-state index contributed by atoms with van der Waals surface area (Å²) < 4.78 is 32.0. The molecule has 0 aliphatic carbocycles. The molecule has 1 fully saturated rings. The van der Waals surface area contributed by atoms with Gasteiger partial charge in [0, 0.05) is 25.2 Å². The van der Waals surface area contributed by atoms with E-state index < -0.39 is 10.0 Å². The molecule has 1 aliphatic heterocycles. The third-order valence-electron chi connectivity index (χ3n) is 4.89. The van der Waals surface area contributed by atoms with E-state index in [9.17, 15) is 13.2 Å². The maximum atomic E-state index is 12.7. The molecule has 28 heavy (non-hydrogen) atoms. The molecule has 1 amide bonds. The van der Waals surface area contributed by atoms with Gasteiger partial charge in [-0.3, -0.25) is 4.79 Å². The van der Waals surface area contributed by atoms with Crippen LogP contribution in [0.5, 0.6) is 5.75 Å². The average Bonchev–Trinajstić information content (AvgIpc) is 2.74. The zero-order valence-corrected chi connectivity index (χ0v) is 16.9. The van der Waals surface area contributed by atoms with Gasteiger partial charge in [-0.25, -0.2) is 8.42 Å². The summed E-state index contributed by atoms with van der Waals surface area (Å²) in [5.41, 5.74) is 1.65. The highest BCUT2D eigenvalue weighted by Gasteiger charge is 2.25. The maximum Gasteiger partial charge on any atom is 0.243 e. The minimum atomic E-state index is -3.41. The molecule has 3 rings (SSSR count). The van der Waals surface area contributed by atoms with Crippen molar-refractivity contribution in [1.82, 2.24) is 4.31 Å². The normalized spacial score (nSPS) is 15.2. The zero-order valence-electron chi connectivity index (χ0n) is 16.1. The largest absolute Gasteiger partial charge is 0.497 e. The minimum absolute atomic E-state index is 0.0878. The molecule has 0 aromatic heterocycles. The number of aryl methyl sites for hydroxylation is 1. The van der Waals surface area contributed by atoms with Crippen molar-refractivity contribution in [2.75, 3.05) is 25.5 Å². The van der Waals surface area contributed by atoms with E-state index in [1.165, 1.54) is 0 Å². The summed E-state index contributed by atoms with van der Waals surface area (Å²) >= 11 is 0. The Bertz CT molecular complexity index is 887. The molecule has 1 saturated heterocycles. The van der Waals surface area contributed by atoms with Crippen LogP contribution < -0.4 is 10.1 Å². The first kappa shape index (κ1) is 20.4. The highest BCUT2D eigenvalue weighted by molar-refractivity contribution is 7.89. The van der Waals surface area contributed by atoms with Gasteiger partial charge < -0.3 is 10.1 Å². The zero-order chi connectivity index (χ0) is 20.0. The van der Waals surface area contributed by atoms with Crippen LogP contribution in [0.1, 0.15) is 31.2 Å². The van der Waals surface area contributed by atoms with Crippen LogP contribution in [-0.2, 0) is 21.2 Å². The van der Waals surface area contributed by atoms with Gasteiger partial charge in [0.1, 0.15) is 5.75 Å². The molecule has 0 unspecified atom stereocenters. The fourth-order valence-corrected chi connectivity index (χ4v) is 4.76. The standard InChI is InChI=1S/C21H26N2O4S/c1-27-19-10-8-18(9-11-19)22-21(24)14-7-17-5-12-20(13-6-17)28(25,26)23-15-3-2-4-16-23/h5-6,8-13H,2-4,7,14-16H2,1H3,(H,22,24). The summed E-state index contributed by atoms with van der Waals surface area (Å²) in [6.45, 7) is 1.19. The fourth-order valence-electron chi connectivity index (χ4n) is 3.24. The number of hydrogen-bond acceptors (Lipinski definition) is 4. The predicted molar refractivity (Wildman–Crippen MR) is 109 cm³/mol. The van der Waals surface area contributed by atoms with Crippen molar-refractivity contribution in [2.24, 2.45) is 0 Å². The molecule has 2 aromatic carbocycles. The Morgan fingerprint density at radius 3 is 2.25 bits per heavy atom. The number of piperidine rings is 1. The lowest BCUT2D eigenvalue weighted by molar-refractivity contribution is -0.116. The SMILES string of the molecule is COc1ccc(NC(=O)CCc2ccc(S(=O)(=O)N3CCCCC3)cc2)cc1. The highest BCUT2D eigenvalue weighted by atomic mass is 32.2. The third-order valence-corrected chi connectivity index (χ3v) is 6.80. The van der Waals surface area contributed by atoms with Crippen molar-refractivity contribution in [3.8, 4) is 5.75 Å². The van der Waals surface area contributed by atoms with Crippen LogP contribution in [0.15, 0.2) is 53.4 Å². The van der Waals surface area contributed by atoms with E-state index in [0.29, 0.717) is 36.5 Å². The van der Waals surface area contributed by atoms with Crippen LogP contribution >= 0.6 is 0 Å². The number of nitrogens with zero attached hydrogens (tertiary/aromatic N) is 1. The summed E-state index contributed by atoms with van der Waals surface area (Å²) in [6.07, 6.45) is 3.79. The van der Waals surface area contributed by atoms with Gasteiger partial charge in [-0.15, -0.1) is 0 Å². The van der Waals surface area contributed by atoms with Gasteiger partial charge in [0.25, 0.3) is 0 Å². The first-order valence-corrected chi connectivity index (χ1v) is 11.0. The molecule has 1 heterocycles. The molecule has 0 bridgehead atoms. The number of carbonyl (C=O) groups is 1. The van der Waals surface area contributed by atoms with Gasteiger partial charge in [0.2, 0.25) is 15.9 Å². The first-order chi connectivity index (χ1) is 13.5. The molecule has 0 spiro atoms. The molecular formula is C21H26N2O4S. The number of rotatable bonds is 7. The first-order valence-electron chi connectivity index (χ1n) is 9.52. The van der Waals surface area contributed by atoms with Gasteiger partial charge in [-0.05, 0) is 61.2 Å². The Morgan fingerprint density at radius 1 is 1.00 bits per heavy atom. The lowest BCUT2D eigenvalue weighted by Gasteiger charge is -2.25. The minimum Gasteiger partial charge on any atom is -0.497 e. The number of nitrogens with one attached hydrogen (secondary N) is 1. The number of anilines is 1. The summed E-state index contributed by atoms with van der Waals surface area (Å²) in [6, 6.07) is 14.0. The Morgan fingerprint density at radius 2 is 1.64 bits per heavy atom. The number of hydrogen-bond donors (Lipinski definition) is 1. The second kappa shape index (κ2) is 9.21. The summed E-state index contributed by atoms with van der Waals surface area (Å²) in [5.74, 6) is 0.646. The molecule has 7 heteroatoms. The summed E-state index contributed by atoms with van der Waals surface area (Å²) in [4.78, 5) is 12.4. The smallest absolute Gasteiger partial charge is 0.243 e. The van der Waals surface area contributed by atoms with E-state index in [2.05, 4.69) is 5.32 Å². The molecule has 1 N–H and O–H groups in total. The molecule has 2 aromatic rings. The van der Waals surface area contributed by atoms with Gasteiger partial charge in [0.15, 0.2) is 0 Å². The fraction of sp³-hybridized carbons (Fsp3) is 0.381. The quantitative estimate of drug-likeness (QED) is 0.770. The van der Waals surface area contributed by atoms with Gasteiger partial charge in [0.05, 0.1) is 12.0 Å². The number of ether oxygens (including phenoxy) is 1. The lowest BCUT2D eigenvalue weighted by atomic mass is 10.1. The number of benzene rings is 2. The molecule has 0 saturated carbocycles.